The molecule has 0 aromatic heterocycles. The molecule has 0 amide bonds. The van der Waals surface area contributed by atoms with Crippen LogP contribution in [0.25, 0.3) is 0 Å². The lowest BCUT2D eigenvalue weighted by Crippen LogP contribution is -2.35. The van der Waals surface area contributed by atoms with Crippen LogP contribution in [0, 0.1) is 5.92 Å². The molecular weight excluding hydrogens is 358 g/mol. The lowest BCUT2D eigenvalue weighted by atomic mass is 10.1. The number of benzene rings is 1. The summed E-state index contributed by atoms with van der Waals surface area (Å²) in [5.41, 5.74) is 5.05. The summed E-state index contributed by atoms with van der Waals surface area (Å²) in [7, 11) is 0. The highest BCUT2D eigenvalue weighted by molar-refractivity contribution is 9.10. The van der Waals surface area contributed by atoms with Crippen LogP contribution in [0.3, 0.4) is 0 Å². The number of hydrogen-bond acceptors (Lipinski definition) is 2. The second kappa shape index (κ2) is 6.32. The van der Waals surface area contributed by atoms with Crippen LogP contribution < -0.4 is 10.5 Å². The van der Waals surface area contributed by atoms with Gasteiger partial charge < -0.3 is 10.5 Å². The van der Waals surface area contributed by atoms with Crippen molar-refractivity contribution in [2.75, 3.05) is 13.2 Å². The van der Waals surface area contributed by atoms with E-state index < -0.39 is 25.2 Å². The molecule has 1 atom stereocenters. The van der Waals surface area contributed by atoms with Crippen molar-refractivity contribution in [3.63, 3.8) is 0 Å². The van der Waals surface area contributed by atoms with Crippen molar-refractivity contribution >= 4 is 39.1 Å². The average molecular weight is 367 g/mol. The quantitative estimate of drug-likeness (QED) is 0.807. The maximum Gasteiger partial charge on any atom is 0.396 e. The fraction of sp³-hybridized carbons (Fsp3) is 0.400. The van der Waals surface area contributed by atoms with Crippen molar-refractivity contribution in [2.24, 2.45) is 11.7 Å². The fourth-order valence-electron chi connectivity index (χ4n) is 1.10. The number of halogens is 6. The molecule has 1 unspecified atom stereocenters. The number of nitrogens with two attached hydrogens (primary N) is 1. The number of ether oxygens (including phenoxy) is 1. The molecule has 0 aliphatic rings. The van der Waals surface area contributed by atoms with Crippen molar-refractivity contribution in [3.05, 3.63) is 26.7 Å². The summed E-state index contributed by atoms with van der Waals surface area (Å²) in [5, 5.41) is 0.468. The van der Waals surface area contributed by atoms with Crippen LogP contribution in [0.5, 0.6) is 5.75 Å². The monoisotopic (exact) mass is 365 g/mol. The van der Waals surface area contributed by atoms with E-state index in [1.165, 1.54) is 12.1 Å². The van der Waals surface area contributed by atoms with Crippen LogP contribution in [0.2, 0.25) is 10.0 Å². The van der Waals surface area contributed by atoms with Gasteiger partial charge in [0.15, 0.2) is 0 Å². The standard InChI is InChI=1S/C10H9BrCl2F3NO/c11-6-1-8(13)9(2-7(6)12)18-4-5(3-17)10(14,15)16/h1-2,5H,3-4,17H2. The Morgan fingerprint density at radius 3 is 2.39 bits per heavy atom. The fourth-order valence-corrected chi connectivity index (χ4v) is 1.95. The van der Waals surface area contributed by atoms with E-state index in [-0.39, 0.29) is 10.8 Å². The highest BCUT2D eigenvalue weighted by Gasteiger charge is 2.39. The van der Waals surface area contributed by atoms with Crippen LogP contribution >= 0.6 is 39.1 Å². The molecule has 2 nitrogen and oxygen atoms in total. The molecule has 1 aromatic rings. The highest BCUT2D eigenvalue weighted by atomic mass is 79.9. The Bertz CT molecular complexity index is 428. The molecule has 0 radical (unpaired) electrons. The van der Waals surface area contributed by atoms with Gasteiger partial charge in [0.05, 0.1) is 10.0 Å². The molecule has 1 aromatic carbocycles. The molecule has 0 saturated carbocycles. The van der Waals surface area contributed by atoms with Crippen LogP contribution in [-0.4, -0.2) is 19.3 Å². The van der Waals surface area contributed by atoms with E-state index in [4.69, 9.17) is 33.7 Å². The SMILES string of the molecule is NCC(COc1cc(Cl)c(Br)cc1Cl)C(F)(F)F. The number of hydrogen-bond donors (Lipinski definition) is 1. The molecule has 0 spiro atoms. The first kappa shape index (κ1) is 15.9. The summed E-state index contributed by atoms with van der Waals surface area (Å²) in [6, 6.07) is 2.79. The zero-order valence-corrected chi connectivity index (χ0v) is 12.0. The minimum Gasteiger partial charge on any atom is -0.491 e. The lowest BCUT2D eigenvalue weighted by molar-refractivity contribution is -0.178. The zero-order chi connectivity index (χ0) is 13.9. The number of rotatable bonds is 4. The van der Waals surface area contributed by atoms with E-state index in [9.17, 15) is 13.2 Å². The largest absolute Gasteiger partial charge is 0.491 e. The third-order valence-electron chi connectivity index (χ3n) is 2.16. The average Bonchev–Trinajstić information content (AvgIpc) is 2.24. The van der Waals surface area contributed by atoms with Crippen molar-refractivity contribution in [1.29, 1.82) is 0 Å². The molecule has 2 N–H and O–H groups in total. The predicted octanol–water partition coefficient (Wildman–Crippen LogP) is 4.27. The van der Waals surface area contributed by atoms with Gasteiger partial charge in [0.25, 0.3) is 0 Å². The molecule has 102 valence electrons. The summed E-state index contributed by atoms with van der Waals surface area (Å²) < 4.78 is 42.9. The molecule has 8 heteroatoms. The molecule has 0 bridgehead atoms. The molecule has 0 fully saturated rings. The van der Waals surface area contributed by atoms with Crippen molar-refractivity contribution in [1.82, 2.24) is 0 Å². The summed E-state index contributed by atoms with van der Waals surface area (Å²) in [6.45, 7) is -1.15. The van der Waals surface area contributed by atoms with Crippen molar-refractivity contribution < 1.29 is 17.9 Å². The second-order valence-corrected chi connectivity index (χ2v) is 5.15. The Balaban J connectivity index is 2.77. The van der Waals surface area contributed by atoms with Gasteiger partial charge in [-0.1, -0.05) is 23.2 Å². The minimum atomic E-state index is -4.40. The smallest absolute Gasteiger partial charge is 0.396 e. The predicted molar refractivity (Wildman–Crippen MR) is 68.3 cm³/mol. The van der Waals surface area contributed by atoms with Gasteiger partial charge in [-0.25, -0.2) is 0 Å². The maximum absolute atomic E-state index is 12.4. The van der Waals surface area contributed by atoms with Gasteiger partial charge in [0, 0.05) is 17.1 Å². The van der Waals surface area contributed by atoms with Gasteiger partial charge in [0.2, 0.25) is 0 Å². The Morgan fingerprint density at radius 1 is 1.28 bits per heavy atom. The zero-order valence-electron chi connectivity index (χ0n) is 8.90. The molecule has 1 rings (SSSR count). The molecule has 0 saturated heterocycles. The van der Waals surface area contributed by atoms with Gasteiger partial charge in [-0.05, 0) is 22.0 Å². The van der Waals surface area contributed by atoms with Crippen LogP contribution in [0.4, 0.5) is 13.2 Å². The lowest BCUT2D eigenvalue weighted by Gasteiger charge is -2.19. The van der Waals surface area contributed by atoms with Crippen LogP contribution in [0.15, 0.2) is 16.6 Å². The summed E-state index contributed by atoms with van der Waals surface area (Å²) in [4.78, 5) is 0. The Morgan fingerprint density at radius 2 is 1.89 bits per heavy atom. The molecule has 0 aliphatic heterocycles. The van der Waals surface area contributed by atoms with E-state index in [1.807, 2.05) is 0 Å². The summed E-state index contributed by atoms with van der Waals surface area (Å²) in [5.74, 6) is -1.65. The van der Waals surface area contributed by atoms with Gasteiger partial charge in [-0.3, -0.25) is 0 Å². The van der Waals surface area contributed by atoms with Crippen LogP contribution in [0.1, 0.15) is 0 Å². The first-order valence-electron chi connectivity index (χ1n) is 4.79. The van der Waals surface area contributed by atoms with Crippen molar-refractivity contribution in [3.8, 4) is 5.75 Å². The molecule has 0 aliphatic carbocycles. The second-order valence-electron chi connectivity index (χ2n) is 3.48. The van der Waals surface area contributed by atoms with Gasteiger partial charge in [-0.2, -0.15) is 13.2 Å². The first-order chi connectivity index (χ1) is 8.25. The van der Waals surface area contributed by atoms with Crippen molar-refractivity contribution in [2.45, 2.75) is 6.18 Å². The van der Waals surface area contributed by atoms with E-state index in [2.05, 4.69) is 15.9 Å². The summed E-state index contributed by atoms with van der Waals surface area (Å²) in [6.07, 6.45) is -4.40. The topological polar surface area (TPSA) is 35.2 Å². The van der Waals surface area contributed by atoms with E-state index in [0.29, 0.717) is 9.50 Å². The van der Waals surface area contributed by atoms with E-state index in [1.54, 1.807) is 0 Å². The van der Waals surface area contributed by atoms with Crippen LogP contribution in [-0.2, 0) is 0 Å². The highest BCUT2D eigenvalue weighted by Crippen LogP contribution is 2.35. The minimum absolute atomic E-state index is 0.0903. The Labute approximate surface area is 120 Å². The Hall–Kier alpha value is -0.170. The third kappa shape index (κ3) is 4.19. The van der Waals surface area contributed by atoms with E-state index in [0.717, 1.165) is 0 Å². The maximum atomic E-state index is 12.4. The first-order valence-corrected chi connectivity index (χ1v) is 6.34. The van der Waals surface area contributed by atoms with Gasteiger partial charge in [-0.15, -0.1) is 0 Å². The van der Waals surface area contributed by atoms with E-state index >= 15 is 0 Å². The van der Waals surface area contributed by atoms with Gasteiger partial charge >= 0.3 is 6.18 Å². The molecule has 0 heterocycles. The normalized spacial score (nSPS) is 13.5. The van der Waals surface area contributed by atoms with Gasteiger partial charge in [0.1, 0.15) is 18.3 Å². The summed E-state index contributed by atoms with van der Waals surface area (Å²) >= 11 is 14.7. The Kier molecular flexibility index (Phi) is 5.58. The third-order valence-corrected chi connectivity index (χ3v) is 3.65. The molecule has 18 heavy (non-hydrogen) atoms. The number of alkyl halides is 3. The molecular formula is C10H9BrCl2F3NO.